The standard InChI is InChI=1S/C14H14N2OS/c1-10(17)13-8-15-14(18-13)16-7-6-11-4-2-3-5-12(11)9-16/h2-5,8H,6-7,9H2,1H3. The van der Waals surface area contributed by atoms with E-state index in [4.69, 9.17) is 0 Å². The third kappa shape index (κ3) is 2.04. The van der Waals surface area contributed by atoms with Crippen LogP contribution < -0.4 is 4.90 Å². The second-order valence-electron chi connectivity index (χ2n) is 4.50. The highest BCUT2D eigenvalue weighted by Gasteiger charge is 2.19. The van der Waals surface area contributed by atoms with E-state index >= 15 is 0 Å². The molecule has 2 aromatic rings. The molecule has 0 saturated carbocycles. The highest BCUT2D eigenvalue weighted by Crippen LogP contribution is 2.28. The number of rotatable bonds is 2. The fraction of sp³-hybridized carbons (Fsp3) is 0.286. The van der Waals surface area contributed by atoms with Crippen LogP contribution in [-0.2, 0) is 13.0 Å². The van der Waals surface area contributed by atoms with Crippen molar-refractivity contribution >= 4 is 22.3 Å². The maximum absolute atomic E-state index is 11.3. The first-order chi connectivity index (χ1) is 8.74. The number of aromatic nitrogens is 1. The van der Waals surface area contributed by atoms with Crippen LogP contribution in [0.25, 0.3) is 0 Å². The van der Waals surface area contributed by atoms with Crippen LogP contribution in [0, 0.1) is 0 Å². The first kappa shape index (κ1) is 11.4. The number of carbonyl (C=O) groups is 1. The molecule has 0 bridgehead atoms. The minimum absolute atomic E-state index is 0.0937. The summed E-state index contributed by atoms with van der Waals surface area (Å²) in [7, 11) is 0. The van der Waals surface area contributed by atoms with E-state index in [0.29, 0.717) is 0 Å². The van der Waals surface area contributed by atoms with Crippen molar-refractivity contribution in [2.75, 3.05) is 11.4 Å². The third-order valence-corrected chi connectivity index (χ3v) is 4.40. The van der Waals surface area contributed by atoms with Gasteiger partial charge in [0.15, 0.2) is 10.9 Å². The van der Waals surface area contributed by atoms with Gasteiger partial charge in [-0.3, -0.25) is 4.79 Å². The molecule has 3 nitrogen and oxygen atoms in total. The molecular weight excluding hydrogens is 244 g/mol. The smallest absolute Gasteiger partial charge is 0.186 e. The third-order valence-electron chi connectivity index (χ3n) is 3.24. The van der Waals surface area contributed by atoms with Crippen LogP contribution in [-0.4, -0.2) is 17.3 Å². The van der Waals surface area contributed by atoms with Gasteiger partial charge in [-0.25, -0.2) is 4.98 Å². The summed E-state index contributed by atoms with van der Waals surface area (Å²) >= 11 is 1.49. The zero-order valence-electron chi connectivity index (χ0n) is 10.2. The Morgan fingerprint density at radius 2 is 2.11 bits per heavy atom. The summed E-state index contributed by atoms with van der Waals surface area (Å²) in [5.74, 6) is 0.0937. The molecule has 0 unspecified atom stereocenters. The summed E-state index contributed by atoms with van der Waals surface area (Å²) in [4.78, 5) is 18.6. The van der Waals surface area contributed by atoms with Gasteiger partial charge >= 0.3 is 0 Å². The van der Waals surface area contributed by atoms with Crippen molar-refractivity contribution in [2.45, 2.75) is 19.9 Å². The first-order valence-electron chi connectivity index (χ1n) is 6.02. The van der Waals surface area contributed by atoms with Gasteiger partial charge in [-0.1, -0.05) is 35.6 Å². The Hall–Kier alpha value is -1.68. The molecule has 92 valence electrons. The number of carbonyl (C=O) groups excluding carboxylic acids is 1. The molecule has 0 spiro atoms. The van der Waals surface area contributed by atoms with Gasteiger partial charge in [0, 0.05) is 20.0 Å². The molecule has 0 amide bonds. The van der Waals surface area contributed by atoms with Gasteiger partial charge in [0.25, 0.3) is 0 Å². The van der Waals surface area contributed by atoms with Gasteiger partial charge in [0.05, 0.1) is 11.1 Å². The lowest BCUT2D eigenvalue weighted by molar-refractivity contribution is 0.102. The Kier molecular flexibility index (Phi) is 2.88. The topological polar surface area (TPSA) is 33.2 Å². The number of anilines is 1. The largest absolute Gasteiger partial charge is 0.343 e. The average Bonchev–Trinajstić information content (AvgIpc) is 2.88. The van der Waals surface area contributed by atoms with Gasteiger partial charge in [0.2, 0.25) is 0 Å². The van der Waals surface area contributed by atoms with E-state index in [1.807, 2.05) is 0 Å². The molecular formula is C14H14N2OS. The molecule has 0 radical (unpaired) electrons. The molecule has 0 aliphatic carbocycles. The van der Waals surface area contributed by atoms with Crippen LogP contribution in [0.2, 0.25) is 0 Å². The number of hydrogen-bond donors (Lipinski definition) is 0. The van der Waals surface area contributed by atoms with Crippen molar-refractivity contribution in [2.24, 2.45) is 0 Å². The molecule has 0 saturated heterocycles. The molecule has 3 rings (SSSR count). The van der Waals surface area contributed by atoms with Gasteiger partial charge in [-0.05, 0) is 17.5 Å². The summed E-state index contributed by atoms with van der Waals surface area (Å²) < 4.78 is 0. The van der Waals surface area contributed by atoms with E-state index in [0.717, 1.165) is 29.5 Å². The van der Waals surface area contributed by atoms with Crippen molar-refractivity contribution in [3.05, 3.63) is 46.5 Å². The van der Waals surface area contributed by atoms with Crippen LogP contribution in [0.1, 0.15) is 27.7 Å². The Morgan fingerprint density at radius 3 is 2.83 bits per heavy atom. The molecule has 1 aromatic carbocycles. The zero-order chi connectivity index (χ0) is 12.5. The van der Waals surface area contributed by atoms with E-state index in [2.05, 4.69) is 34.1 Å². The van der Waals surface area contributed by atoms with Gasteiger partial charge in [0.1, 0.15) is 0 Å². The maximum atomic E-state index is 11.3. The van der Waals surface area contributed by atoms with Crippen LogP contribution in [0.4, 0.5) is 5.13 Å². The fourth-order valence-electron chi connectivity index (χ4n) is 2.23. The second-order valence-corrected chi connectivity index (χ2v) is 5.51. The number of nitrogens with zero attached hydrogens (tertiary/aromatic N) is 2. The maximum Gasteiger partial charge on any atom is 0.186 e. The lowest BCUT2D eigenvalue weighted by Gasteiger charge is -2.28. The second kappa shape index (κ2) is 4.53. The number of hydrogen-bond acceptors (Lipinski definition) is 4. The van der Waals surface area contributed by atoms with E-state index in [1.54, 1.807) is 13.1 Å². The summed E-state index contributed by atoms with van der Waals surface area (Å²) in [5.41, 5.74) is 2.79. The van der Waals surface area contributed by atoms with Crippen molar-refractivity contribution < 1.29 is 4.79 Å². The Labute approximate surface area is 110 Å². The van der Waals surface area contributed by atoms with Gasteiger partial charge in [-0.2, -0.15) is 0 Å². The highest BCUT2D eigenvalue weighted by atomic mass is 32.1. The monoisotopic (exact) mass is 258 g/mol. The van der Waals surface area contributed by atoms with E-state index in [-0.39, 0.29) is 5.78 Å². The van der Waals surface area contributed by atoms with Crippen LogP contribution in [0.5, 0.6) is 0 Å². The normalized spacial score (nSPS) is 14.4. The highest BCUT2D eigenvalue weighted by molar-refractivity contribution is 7.17. The molecule has 0 atom stereocenters. The molecule has 0 N–H and O–H groups in total. The zero-order valence-corrected chi connectivity index (χ0v) is 11.0. The van der Waals surface area contributed by atoms with Gasteiger partial charge < -0.3 is 4.90 Å². The van der Waals surface area contributed by atoms with Crippen molar-refractivity contribution in [1.82, 2.24) is 4.98 Å². The van der Waals surface area contributed by atoms with Crippen LogP contribution in [0.15, 0.2) is 30.5 Å². The molecule has 4 heteroatoms. The van der Waals surface area contributed by atoms with Crippen LogP contribution >= 0.6 is 11.3 Å². The first-order valence-corrected chi connectivity index (χ1v) is 6.84. The Bertz CT molecular complexity index is 591. The number of ketones is 1. The van der Waals surface area contributed by atoms with Crippen molar-refractivity contribution in [1.29, 1.82) is 0 Å². The number of thiazole rings is 1. The minimum atomic E-state index is 0.0937. The van der Waals surface area contributed by atoms with E-state index in [1.165, 1.54) is 22.5 Å². The quantitative estimate of drug-likeness (QED) is 0.777. The summed E-state index contributed by atoms with van der Waals surface area (Å²) in [6, 6.07) is 8.52. The van der Waals surface area contributed by atoms with Crippen LogP contribution in [0.3, 0.4) is 0 Å². The fourth-order valence-corrected chi connectivity index (χ4v) is 3.07. The summed E-state index contributed by atoms with van der Waals surface area (Å²) in [5, 5.41) is 0.953. The molecule has 18 heavy (non-hydrogen) atoms. The van der Waals surface area contributed by atoms with E-state index < -0.39 is 0 Å². The Morgan fingerprint density at radius 1 is 1.33 bits per heavy atom. The van der Waals surface area contributed by atoms with Crippen molar-refractivity contribution in [3.63, 3.8) is 0 Å². The number of benzene rings is 1. The summed E-state index contributed by atoms with van der Waals surface area (Å²) in [6.07, 6.45) is 2.73. The van der Waals surface area contributed by atoms with Crippen molar-refractivity contribution in [3.8, 4) is 0 Å². The van der Waals surface area contributed by atoms with E-state index in [9.17, 15) is 4.79 Å². The lowest BCUT2D eigenvalue weighted by Crippen LogP contribution is -2.30. The predicted molar refractivity (Wildman–Crippen MR) is 73.3 cm³/mol. The molecule has 2 heterocycles. The molecule has 0 fully saturated rings. The molecule has 1 aliphatic rings. The summed E-state index contributed by atoms with van der Waals surface area (Å²) in [6.45, 7) is 3.45. The van der Waals surface area contributed by atoms with Gasteiger partial charge in [-0.15, -0.1) is 0 Å². The minimum Gasteiger partial charge on any atom is -0.343 e. The SMILES string of the molecule is CC(=O)c1cnc(N2CCc3ccccc3C2)s1. The number of fused-ring (bicyclic) bond motifs is 1. The number of Topliss-reactive ketones (excluding diaryl/α,β-unsaturated/α-hetero) is 1. The predicted octanol–water partition coefficient (Wildman–Crippen LogP) is 2.91. The Balaban J connectivity index is 1.85. The lowest BCUT2D eigenvalue weighted by atomic mass is 10.0. The molecule has 1 aromatic heterocycles. The average molecular weight is 258 g/mol. The molecule has 1 aliphatic heterocycles.